The highest BCUT2D eigenvalue weighted by Gasteiger charge is 2.59. The summed E-state index contributed by atoms with van der Waals surface area (Å²) in [6, 6.07) is 3.56. The Morgan fingerprint density at radius 1 is 1.21 bits per heavy atom. The lowest BCUT2D eigenvalue weighted by Gasteiger charge is -2.22. The fraction of sp³-hybridized carbons (Fsp3) is 0.429. The Labute approximate surface area is 132 Å². The van der Waals surface area contributed by atoms with Gasteiger partial charge in [0, 0.05) is 6.54 Å². The van der Waals surface area contributed by atoms with Gasteiger partial charge in [0.1, 0.15) is 5.82 Å². The van der Waals surface area contributed by atoms with Gasteiger partial charge >= 0.3 is 18.3 Å². The highest BCUT2D eigenvalue weighted by Crippen LogP contribution is 2.36. The first-order valence-electron chi connectivity index (χ1n) is 6.76. The Morgan fingerprint density at radius 2 is 1.79 bits per heavy atom. The van der Waals surface area contributed by atoms with Crippen molar-refractivity contribution in [2.45, 2.75) is 38.8 Å². The molecule has 0 radical (unpaired) electrons. The molecule has 0 amide bonds. The molecule has 0 N–H and O–H groups in total. The van der Waals surface area contributed by atoms with Gasteiger partial charge in [0.25, 0.3) is 6.10 Å². The molecule has 1 aromatic heterocycles. The fourth-order valence-corrected chi connectivity index (χ4v) is 2.26. The number of fused-ring (bicyclic) bond motifs is 1. The van der Waals surface area contributed by atoms with E-state index in [0.717, 1.165) is 12.1 Å². The Kier molecular flexibility index (Phi) is 4.51. The van der Waals surface area contributed by atoms with Gasteiger partial charge in [0.05, 0.1) is 16.6 Å². The quantitative estimate of drug-likeness (QED) is 0.618. The van der Waals surface area contributed by atoms with Gasteiger partial charge < -0.3 is 9.30 Å². The summed E-state index contributed by atoms with van der Waals surface area (Å²) in [6.07, 6.45) is -15.7. The summed E-state index contributed by atoms with van der Waals surface area (Å²) in [6.45, 7) is 3.93. The van der Waals surface area contributed by atoms with E-state index in [-0.39, 0.29) is 0 Å². The number of aryl methyl sites for hydroxylation is 2. The van der Waals surface area contributed by atoms with Crippen LogP contribution in [0.5, 0.6) is 0 Å². The first-order valence-corrected chi connectivity index (χ1v) is 6.76. The van der Waals surface area contributed by atoms with Crippen LogP contribution < -0.4 is 0 Å². The van der Waals surface area contributed by atoms with Gasteiger partial charge in [-0.3, -0.25) is 0 Å². The standard InChI is InChI=1S/C14H12F6N2O2/c1-3-22-7(2)21-9-5-4-8(6-10(9)22)11(23)24-12(13(15,16)17)14(18,19)20/h4-6,12H,3H2,1-2H3. The number of esters is 1. The third kappa shape index (κ3) is 3.46. The number of rotatable bonds is 3. The maximum Gasteiger partial charge on any atom is 0.434 e. The van der Waals surface area contributed by atoms with E-state index in [2.05, 4.69) is 9.72 Å². The molecule has 4 nitrogen and oxygen atoms in total. The highest BCUT2D eigenvalue weighted by atomic mass is 19.4. The van der Waals surface area contributed by atoms with Crippen molar-refractivity contribution in [3.05, 3.63) is 29.6 Å². The van der Waals surface area contributed by atoms with Crippen molar-refractivity contribution in [1.82, 2.24) is 9.55 Å². The minimum absolute atomic E-state index is 0.417. The third-order valence-electron chi connectivity index (χ3n) is 3.31. The monoisotopic (exact) mass is 354 g/mol. The van der Waals surface area contributed by atoms with Crippen LogP contribution in [0.4, 0.5) is 26.3 Å². The van der Waals surface area contributed by atoms with Crippen LogP contribution in [0.15, 0.2) is 18.2 Å². The first-order chi connectivity index (χ1) is 10.9. The van der Waals surface area contributed by atoms with Gasteiger partial charge in [-0.1, -0.05) is 0 Å². The number of nitrogens with zero attached hydrogens (tertiary/aromatic N) is 2. The number of benzene rings is 1. The Hall–Kier alpha value is -2.26. The zero-order valence-corrected chi connectivity index (χ0v) is 12.5. The third-order valence-corrected chi connectivity index (χ3v) is 3.31. The summed E-state index contributed by atoms with van der Waals surface area (Å²) in [5.74, 6) is -1.11. The SMILES string of the molecule is CCn1c(C)nc2ccc(C(=O)OC(C(F)(F)F)C(F)(F)F)cc21. The minimum atomic E-state index is -5.75. The van der Waals surface area contributed by atoms with Gasteiger partial charge in [-0.15, -0.1) is 0 Å². The maximum absolute atomic E-state index is 12.5. The van der Waals surface area contributed by atoms with Crippen LogP contribution in [-0.4, -0.2) is 34.0 Å². The van der Waals surface area contributed by atoms with Gasteiger partial charge in [-0.25, -0.2) is 9.78 Å². The van der Waals surface area contributed by atoms with E-state index in [9.17, 15) is 31.1 Å². The number of aromatic nitrogens is 2. The normalized spacial score (nSPS) is 12.9. The van der Waals surface area contributed by atoms with Gasteiger partial charge in [-0.2, -0.15) is 26.3 Å². The smallest absolute Gasteiger partial charge is 0.434 e. The molecular formula is C14H12F6N2O2. The van der Waals surface area contributed by atoms with Crippen LogP contribution in [0.1, 0.15) is 23.1 Å². The van der Waals surface area contributed by atoms with E-state index < -0.39 is 30.0 Å². The van der Waals surface area contributed by atoms with Crippen molar-refractivity contribution in [2.75, 3.05) is 0 Å². The zero-order valence-electron chi connectivity index (χ0n) is 12.5. The summed E-state index contributed by atoms with van der Waals surface area (Å²) in [7, 11) is 0. The molecule has 0 atom stereocenters. The summed E-state index contributed by atoms with van der Waals surface area (Å²) in [4.78, 5) is 15.9. The molecule has 0 aliphatic heterocycles. The van der Waals surface area contributed by atoms with Crippen molar-refractivity contribution in [3.63, 3.8) is 0 Å². The second kappa shape index (κ2) is 5.99. The van der Waals surface area contributed by atoms with E-state index in [4.69, 9.17) is 0 Å². The van der Waals surface area contributed by atoms with E-state index >= 15 is 0 Å². The van der Waals surface area contributed by atoms with Crippen molar-refractivity contribution in [2.24, 2.45) is 0 Å². The topological polar surface area (TPSA) is 44.1 Å². The lowest BCUT2D eigenvalue weighted by atomic mass is 10.2. The predicted octanol–water partition coefficient (Wildman–Crippen LogP) is 4.01. The molecule has 132 valence electrons. The number of imidazole rings is 1. The molecule has 10 heteroatoms. The summed E-state index contributed by atoms with van der Waals surface area (Å²) in [5.41, 5.74) is 0.463. The highest BCUT2D eigenvalue weighted by molar-refractivity contribution is 5.94. The molecule has 24 heavy (non-hydrogen) atoms. The van der Waals surface area contributed by atoms with Gasteiger partial charge in [0.15, 0.2) is 0 Å². The molecule has 0 bridgehead atoms. The fourth-order valence-electron chi connectivity index (χ4n) is 2.26. The Balaban J connectivity index is 2.37. The molecule has 1 aromatic carbocycles. The number of carbonyl (C=O) groups excluding carboxylic acids is 1. The number of carbonyl (C=O) groups is 1. The van der Waals surface area contributed by atoms with Crippen LogP contribution in [0, 0.1) is 6.92 Å². The average Bonchev–Trinajstić information content (AvgIpc) is 2.76. The van der Waals surface area contributed by atoms with E-state index in [0.29, 0.717) is 23.4 Å². The molecule has 1 heterocycles. The Morgan fingerprint density at radius 3 is 2.29 bits per heavy atom. The number of hydrogen-bond acceptors (Lipinski definition) is 3. The van der Waals surface area contributed by atoms with Crippen LogP contribution in [0.2, 0.25) is 0 Å². The molecule has 0 fully saturated rings. The van der Waals surface area contributed by atoms with Crippen molar-refractivity contribution in [1.29, 1.82) is 0 Å². The minimum Gasteiger partial charge on any atom is -0.439 e. The lowest BCUT2D eigenvalue weighted by Crippen LogP contribution is -2.45. The molecule has 0 aliphatic rings. The second-order valence-electron chi connectivity index (χ2n) is 4.98. The number of halogens is 6. The molecule has 0 saturated carbocycles. The second-order valence-corrected chi connectivity index (χ2v) is 4.98. The molecule has 0 spiro atoms. The summed E-state index contributed by atoms with van der Waals surface area (Å²) < 4.78 is 80.1. The van der Waals surface area contributed by atoms with Gasteiger partial charge in [-0.05, 0) is 32.0 Å². The average molecular weight is 354 g/mol. The summed E-state index contributed by atoms with van der Waals surface area (Å²) >= 11 is 0. The molecule has 0 saturated heterocycles. The largest absolute Gasteiger partial charge is 0.439 e. The zero-order chi connectivity index (χ0) is 18.3. The van der Waals surface area contributed by atoms with E-state index in [1.165, 1.54) is 6.07 Å². The molecule has 0 unspecified atom stereocenters. The van der Waals surface area contributed by atoms with Crippen molar-refractivity contribution in [3.8, 4) is 0 Å². The van der Waals surface area contributed by atoms with Crippen LogP contribution >= 0.6 is 0 Å². The van der Waals surface area contributed by atoms with Crippen LogP contribution in [0.25, 0.3) is 11.0 Å². The van der Waals surface area contributed by atoms with Crippen LogP contribution in [0.3, 0.4) is 0 Å². The van der Waals surface area contributed by atoms with E-state index in [1.54, 1.807) is 18.4 Å². The molecule has 2 rings (SSSR count). The van der Waals surface area contributed by atoms with Crippen molar-refractivity contribution < 1.29 is 35.9 Å². The predicted molar refractivity (Wildman–Crippen MR) is 71.5 cm³/mol. The number of alkyl halides is 6. The van der Waals surface area contributed by atoms with Gasteiger partial charge in [0.2, 0.25) is 0 Å². The Bertz CT molecular complexity index is 749. The molecular weight excluding hydrogens is 342 g/mol. The van der Waals surface area contributed by atoms with E-state index in [1.807, 2.05) is 0 Å². The maximum atomic E-state index is 12.5. The van der Waals surface area contributed by atoms with Crippen LogP contribution in [-0.2, 0) is 11.3 Å². The lowest BCUT2D eigenvalue weighted by molar-refractivity contribution is -0.307. The number of hydrogen-bond donors (Lipinski definition) is 0. The summed E-state index contributed by atoms with van der Waals surface area (Å²) in [5, 5.41) is 0. The molecule has 2 aromatic rings. The van der Waals surface area contributed by atoms with Crippen molar-refractivity contribution >= 4 is 17.0 Å². The molecule has 0 aliphatic carbocycles. The first kappa shape index (κ1) is 18.1. The number of ether oxygens (including phenoxy) is 1.